The second kappa shape index (κ2) is 9.58. The van der Waals surface area contributed by atoms with Gasteiger partial charge in [-0.2, -0.15) is 0 Å². The van der Waals surface area contributed by atoms with Crippen molar-refractivity contribution in [2.24, 2.45) is 4.99 Å². The predicted molar refractivity (Wildman–Crippen MR) is 121 cm³/mol. The van der Waals surface area contributed by atoms with Crippen LogP contribution < -0.4 is 10.2 Å². The summed E-state index contributed by atoms with van der Waals surface area (Å²) >= 11 is 0. The van der Waals surface area contributed by atoms with Crippen LogP contribution in [-0.4, -0.2) is 53.6 Å². The van der Waals surface area contributed by atoms with Crippen LogP contribution in [-0.2, 0) is 19.5 Å². The van der Waals surface area contributed by atoms with Crippen LogP contribution in [0.3, 0.4) is 0 Å². The van der Waals surface area contributed by atoms with Gasteiger partial charge < -0.3 is 19.7 Å². The van der Waals surface area contributed by atoms with Gasteiger partial charge >= 0.3 is 0 Å². The molecule has 2 aromatic rings. The number of hydrogen-bond donors (Lipinski definition) is 1. The Balaban J connectivity index is 0.00000225. The molecule has 0 aliphatic carbocycles. The number of rotatable bonds is 3. The summed E-state index contributed by atoms with van der Waals surface area (Å²) in [4.78, 5) is 13.5. The molecule has 1 saturated heterocycles. The van der Waals surface area contributed by atoms with E-state index < -0.39 is 0 Å². The number of piperazine rings is 1. The zero-order valence-electron chi connectivity index (χ0n) is 16.3. The molecule has 0 saturated carbocycles. The predicted octanol–water partition coefficient (Wildman–Crippen LogP) is 2.87. The Bertz CT molecular complexity index is 789. The van der Waals surface area contributed by atoms with Crippen LogP contribution in [0.15, 0.2) is 35.5 Å². The highest BCUT2D eigenvalue weighted by Crippen LogP contribution is 2.20. The maximum Gasteiger partial charge on any atom is 0.194 e. The summed E-state index contributed by atoms with van der Waals surface area (Å²) in [5, 5.41) is 3.44. The molecule has 0 spiro atoms. The van der Waals surface area contributed by atoms with E-state index in [0.29, 0.717) is 12.2 Å². The molecule has 152 valence electrons. The Morgan fingerprint density at radius 2 is 1.93 bits per heavy atom. The maximum atomic E-state index is 14.0. The Labute approximate surface area is 182 Å². The molecule has 3 heterocycles. The zero-order valence-corrected chi connectivity index (χ0v) is 18.6. The van der Waals surface area contributed by atoms with Crippen molar-refractivity contribution in [1.29, 1.82) is 0 Å². The van der Waals surface area contributed by atoms with Gasteiger partial charge in [0.05, 0.1) is 17.9 Å². The summed E-state index contributed by atoms with van der Waals surface area (Å²) in [7, 11) is 1.81. The molecule has 0 amide bonds. The minimum atomic E-state index is -0.155. The van der Waals surface area contributed by atoms with Gasteiger partial charge in [0.2, 0.25) is 0 Å². The molecule has 0 atom stereocenters. The number of imidazole rings is 1. The Kier molecular flexibility index (Phi) is 7.14. The largest absolute Gasteiger partial charge is 0.366 e. The molecule has 8 heteroatoms. The lowest BCUT2D eigenvalue weighted by Gasteiger charge is -2.37. The van der Waals surface area contributed by atoms with Crippen molar-refractivity contribution in [3.8, 4) is 0 Å². The smallest absolute Gasteiger partial charge is 0.194 e. The highest BCUT2D eigenvalue weighted by molar-refractivity contribution is 14.0. The summed E-state index contributed by atoms with van der Waals surface area (Å²) in [5.74, 6) is 1.93. The van der Waals surface area contributed by atoms with Crippen LogP contribution in [0.25, 0.3) is 0 Å². The molecule has 0 radical (unpaired) electrons. The number of guanidine groups is 1. The monoisotopic (exact) mass is 498 g/mol. The standard InChI is InChI=1S/C20H27FN6.HI/c1-22-20(23-14-16-15-27-9-5-4-8-19(27)24-16)26-12-10-25(11-13-26)18-7-3-2-6-17(18)21;/h2-3,6-7,15H,4-5,8-14H2,1H3,(H,22,23);1H. The van der Waals surface area contributed by atoms with Gasteiger partial charge in [-0.3, -0.25) is 4.99 Å². The highest BCUT2D eigenvalue weighted by atomic mass is 127. The van der Waals surface area contributed by atoms with Crippen LogP contribution in [0.2, 0.25) is 0 Å². The van der Waals surface area contributed by atoms with Crippen molar-refractivity contribution in [3.05, 3.63) is 47.8 Å². The van der Waals surface area contributed by atoms with Crippen molar-refractivity contribution < 1.29 is 4.39 Å². The number of aromatic nitrogens is 2. The first-order valence-corrected chi connectivity index (χ1v) is 9.74. The minimum absolute atomic E-state index is 0. The average molecular weight is 498 g/mol. The number of aliphatic imine (C=N–C) groups is 1. The third-order valence-corrected chi connectivity index (χ3v) is 5.37. The Hall–Kier alpha value is -1.84. The van der Waals surface area contributed by atoms with Crippen LogP contribution in [0.4, 0.5) is 10.1 Å². The lowest BCUT2D eigenvalue weighted by atomic mass is 10.2. The molecule has 1 fully saturated rings. The lowest BCUT2D eigenvalue weighted by molar-refractivity contribution is 0.370. The van der Waals surface area contributed by atoms with Crippen molar-refractivity contribution in [3.63, 3.8) is 0 Å². The van der Waals surface area contributed by atoms with Crippen molar-refractivity contribution >= 4 is 35.6 Å². The topological polar surface area (TPSA) is 48.7 Å². The Morgan fingerprint density at radius 3 is 2.64 bits per heavy atom. The number of benzene rings is 1. The molecule has 4 rings (SSSR count). The normalized spacial score (nSPS) is 17.1. The maximum absolute atomic E-state index is 14.0. The molecule has 1 aromatic carbocycles. The molecule has 0 bridgehead atoms. The van der Waals surface area contributed by atoms with Crippen LogP contribution in [0.1, 0.15) is 24.4 Å². The number of aryl methyl sites for hydroxylation is 2. The van der Waals surface area contributed by atoms with Gasteiger partial charge in [0.25, 0.3) is 0 Å². The fourth-order valence-electron chi connectivity index (χ4n) is 3.93. The van der Waals surface area contributed by atoms with E-state index in [1.165, 1.54) is 24.7 Å². The molecular weight excluding hydrogens is 470 g/mol. The number of fused-ring (bicyclic) bond motifs is 1. The highest BCUT2D eigenvalue weighted by Gasteiger charge is 2.21. The van der Waals surface area contributed by atoms with E-state index >= 15 is 0 Å². The molecule has 6 nitrogen and oxygen atoms in total. The van der Waals surface area contributed by atoms with E-state index in [4.69, 9.17) is 4.98 Å². The third kappa shape index (κ3) is 4.59. The molecule has 0 unspecified atom stereocenters. The molecule has 2 aliphatic rings. The van der Waals surface area contributed by atoms with Crippen molar-refractivity contribution in [1.82, 2.24) is 19.8 Å². The van der Waals surface area contributed by atoms with Crippen LogP contribution in [0.5, 0.6) is 0 Å². The van der Waals surface area contributed by atoms with Gasteiger partial charge in [0, 0.05) is 52.4 Å². The second-order valence-corrected chi connectivity index (χ2v) is 7.13. The van der Waals surface area contributed by atoms with Crippen molar-refractivity contribution in [2.75, 3.05) is 38.1 Å². The average Bonchev–Trinajstić information content (AvgIpc) is 3.12. The van der Waals surface area contributed by atoms with E-state index in [0.717, 1.165) is 50.8 Å². The summed E-state index contributed by atoms with van der Waals surface area (Å²) in [5.41, 5.74) is 1.75. The summed E-state index contributed by atoms with van der Waals surface area (Å²) in [6.45, 7) is 4.94. The number of nitrogens with one attached hydrogen (secondary N) is 1. The second-order valence-electron chi connectivity index (χ2n) is 7.13. The first-order chi connectivity index (χ1) is 13.2. The van der Waals surface area contributed by atoms with Crippen LogP contribution in [0, 0.1) is 5.82 Å². The molecule has 2 aliphatic heterocycles. The number of halogens is 2. The Morgan fingerprint density at radius 1 is 1.14 bits per heavy atom. The molecular formula is C20H28FIN6. The molecule has 28 heavy (non-hydrogen) atoms. The van der Waals surface area contributed by atoms with Gasteiger partial charge in [-0.05, 0) is 25.0 Å². The van der Waals surface area contributed by atoms with Gasteiger partial charge in [0.15, 0.2) is 5.96 Å². The number of para-hydroxylation sites is 1. The quantitative estimate of drug-likeness (QED) is 0.402. The number of hydrogen-bond acceptors (Lipinski definition) is 3. The third-order valence-electron chi connectivity index (χ3n) is 5.37. The summed E-state index contributed by atoms with van der Waals surface area (Å²) in [6, 6.07) is 6.98. The van der Waals surface area contributed by atoms with Gasteiger partial charge in [0.1, 0.15) is 11.6 Å². The minimum Gasteiger partial charge on any atom is -0.366 e. The molecule has 1 N–H and O–H groups in total. The first kappa shape index (κ1) is 20.9. The lowest BCUT2D eigenvalue weighted by Crippen LogP contribution is -2.52. The fourth-order valence-corrected chi connectivity index (χ4v) is 3.93. The summed E-state index contributed by atoms with van der Waals surface area (Å²) in [6.07, 6.45) is 5.71. The fraction of sp³-hybridized carbons (Fsp3) is 0.500. The van der Waals surface area contributed by atoms with Crippen molar-refractivity contribution in [2.45, 2.75) is 32.4 Å². The van der Waals surface area contributed by atoms with E-state index in [9.17, 15) is 4.39 Å². The van der Waals surface area contributed by atoms with Gasteiger partial charge in [-0.25, -0.2) is 9.37 Å². The number of nitrogens with zero attached hydrogens (tertiary/aromatic N) is 5. The van der Waals surface area contributed by atoms with E-state index in [2.05, 4.69) is 30.9 Å². The SMILES string of the molecule is CN=C(NCc1cn2c(n1)CCCC2)N1CCN(c2ccccc2F)CC1.I. The number of anilines is 1. The van der Waals surface area contributed by atoms with E-state index in [1.54, 1.807) is 6.07 Å². The first-order valence-electron chi connectivity index (χ1n) is 9.74. The van der Waals surface area contributed by atoms with E-state index in [1.807, 2.05) is 19.2 Å². The summed E-state index contributed by atoms with van der Waals surface area (Å²) < 4.78 is 16.3. The van der Waals surface area contributed by atoms with Crippen LogP contribution >= 0.6 is 24.0 Å². The van der Waals surface area contributed by atoms with E-state index in [-0.39, 0.29) is 29.8 Å². The zero-order chi connectivity index (χ0) is 18.6. The van der Waals surface area contributed by atoms with Gasteiger partial charge in [-0.1, -0.05) is 12.1 Å². The molecule has 1 aromatic heterocycles. The van der Waals surface area contributed by atoms with Gasteiger partial charge in [-0.15, -0.1) is 24.0 Å².